The number of rotatable bonds is 2. The number of fused-ring (bicyclic) bond motifs is 1. The summed E-state index contributed by atoms with van der Waals surface area (Å²) in [6, 6.07) is 6.82. The lowest BCUT2D eigenvalue weighted by atomic mass is 10.1. The maximum atomic E-state index is 11.3. The van der Waals surface area contributed by atoms with E-state index in [4.69, 9.17) is 0 Å². The van der Waals surface area contributed by atoms with E-state index in [0.29, 0.717) is 12.0 Å². The second kappa shape index (κ2) is 3.97. The van der Waals surface area contributed by atoms with E-state index in [2.05, 4.69) is 5.32 Å². The number of nitrogens with one attached hydrogen (secondary N) is 1. The lowest BCUT2D eigenvalue weighted by molar-refractivity contribution is -0.118. The van der Waals surface area contributed by atoms with Crippen LogP contribution < -0.4 is 5.32 Å². The average Bonchev–Trinajstić information content (AvgIpc) is 2.53. The van der Waals surface area contributed by atoms with Gasteiger partial charge in [-0.1, -0.05) is 24.3 Å². The van der Waals surface area contributed by atoms with Gasteiger partial charge in [-0.2, -0.15) is 8.42 Å². The molecule has 1 aliphatic rings. The number of benzene rings is 1. The van der Waals surface area contributed by atoms with E-state index in [9.17, 15) is 17.8 Å². The molecule has 0 saturated heterocycles. The van der Waals surface area contributed by atoms with E-state index in [1.807, 2.05) is 0 Å². The zero-order valence-electron chi connectivity index (χ0n) is 9.10. The Balaban J connectivity index is 2.60. The summed E-state index contributed by atoms with van der Waals surface area (Å²) in [5.74, 6) is -0.367. The maximum absolute atomic E-state index is 11.3. The van der Waals surface area contributed by atoms with E-state index in [-0.39, 0.29) is 16.5 Å². The molecule has 17 heavy (non-hydrogen) atoms. The summed E-state index contributed by atoms with van der Waals surface area (Å²) in [5, 5.41) is 2.45. The lowest BCUT2D eigenvalue weighted by Crippen LogP contribution is -2.21. The Morgan fingerprint density at radius 3 is 2.59 bits per heavy atom. The van der Waals surface area contributed by atoms with Crippen LogP contribution in [-0.2, 0) is 21.3 Å². The minimum absolute atomic E-state index is 0.205. The zero-order valence-corrected chi connectivity index (χ0v) is 9.91. The van der Waals surface area contributed by atoms with Crippen LogP contribution in [0.15, 0.2) is 30.0 Å². The predicted molar refractivity (Wildman–Crippen MR) is 62.4 cm³/mol. The van der Waals surface area contributed by atoms with Crippen LogP contribution in [0.3, 0.4) is 0 Å². The number of amides is 1. The molecule has 0 saturated carbocycles. The van der Waals surface area contributed by atoms with Crippen LogP contribution in [0.25, 0.3) is 4.91 Å². The van der Waals surface area contributed by atoms with Gasteiger partial charge in [-0.3, -0.25) is 9.35 Å². The Hall–Kier alpha value is -1.66. The Morgan fingerprint density at radius 1 is 1.35 bits per heavy atom. The Labute approximate surface area is 98.9 Å². The van der Waals surface area contributed by atoms with Crippen LogP contribution in [-0.4, -0.2) is 18.9 Å². The molecule has 2 rings (SSSR count). The highest BCUT2D eigenvalue weighted by molar-refractivity contribution is 7.95. The molecule has 0 spiro atoms. The van der Waals surface area contributed by atoms with Crippen molar-refractivity contribution in [3.8, 4) is 0 Å². The topological polar surface area (TPSA) is 83.5 Å². The maximum Gasteiger partial charge on any atom is 0.296 e. The van der Waals surface area contributed by atoms with Crippen molar-refractivity contribution >= 4 is 20.9 Å². The SMILES string of the molecule is CC(=O)NC1=C(S(=O)(=O)O)c2ccccc2C1. The molecule has 0 aliphatic heterocycles. The second-order valence-corrected chi connectivity index (χ2v) is 5.16. The van der Waals surface area contributed by atoms with Gasteiger partial charge in [0.15, 0.2) is 0 Å². The van der Waals surface area contributed by atoms with Crippen LogP contribution >= 0.6 is 0 Å². The van der Waals surface area contributed by atoms with Crippen molar-refractivity contribution in [1.82, 2.24) is 5.32 Å². The van der Waals surface area contributed by atoms with Crippen molar-refractivity contribution in [3.05, 3.63) is 41.1 Å². The molecule has 90 valence electrons. The van der Waals surface area contributed by atoms with E-state index >= 15 is 0 Å². The van der Waals surface area contributed by atoms with Crippen LogP contribution in [0.1, 0.15) is 18.1 Å². The molecular formula is C11H11NO4S. The fourth-order valence-corrected chi connectivity index (χ4v) is 2.85. The van der Waals surface area contributed by atoms with Gasteiger partial charge in [0.2, 0.25) is 5.91 Å². The fraction of sp³-hybridized carbons (Fsp3) is 0.182. The van der Waals surface area contributed by atoms with Crippen LogP contribution in [0.5, 0.6) is 0 Å². The average molecular weight is 253 g/mol. The summed E-state index contributed by atoms with van der Waals surface area (Å²) in [5.41, 5.74) is 1.43. The van der Waals surface area contributed by atoms with Gasteiger partial charge in [-0.25, -0.2) is 0 Å². The summed E-state index contributed by atoms with van der Waals surface area (Å²) in [6.45, 7) is 1.29. The molecule has 0 unspecified atom stereocenters. The van der Waals surface area contributed by atoms with Crippen LogP contribution in [0, 0.1) is 0 Å². The van der Waals surface area contributed by atoms with Crippen molar-refractivity contribution < 1.29 is 17.8 Å². The van der Waals surface area contributed by atoms with Crippen molar-refractivity contribution in [2.45, 2.75) is 13.3 Å². The van der Waals surface area contributed by atoms with E-state index in [1.54, 1.807) is 24.3 Å². The molecular weight excluding hydrogens is 242 g/mol. The summed E-state index contributed by atoms with van der Waals surface area (Å²) in [7, 11) is -4.35. The predicted octanol–water partition coefficient (Wildman–Crippen LogP) is 0.935. The first-order valence-corrected chi connectivity index (χ1v) is 6.40. The molecule has 2 N–H and O–H groups in total. The number of hydrogen-bond acceptors (Lipinski definition) is 3. The van der Waals surface area contributed by atoms with Gasteiger partial charge in [0.05, 0.1) is 0 Å². The first-order valence-electron chi connectivity index (χ1n) is 4.96. The highest BCUT2D eigenvalue weighted by atomic mass is 32.2. The Bertz CT molecular complexity index is 616. The molecule has 0 bridgehead atoms. The smallest absolute Gasteiger partial charge is 0.296 e. The third-order valence-electron chi connectivity index (χ3n) is 2.49. The van der Waals surface area contributed by atoms with Crippen LogP contribution in [0.4, 0.5) is 0 Å². The second-order valence-electron chi connectivity index (χ2n) is 3.80. The van der Waals surface area contributed by atoms with Gasteiger partial charge < -0.3 is 5.32 Å². The van der Waals surface area contributed by atoms with Crippen LogP contribution in [0.2, 0.25) is 0 Å². The molecule has 0 radical (unpaired) electrons. The van der Waals surface area contributed by atoms with Gasteiger partial charge in [0.1, 0.15) is 4.91 Å². The van der Waals surface area contributed by atoms with Gasteiger partial charge in [0, 0.05) is 24.6 Å². The van der Waals surface area contributed by atoms with Crippen molar-refractivity contribution in [2.75, 3.05) is 0 Å². The Morgan fingerprint density at radius 2 is 2.00 bits per heavy atom. The normalized spacial score (nSPS) is 14.7. The van der Waals surface area contributed by atoms with Crippen molar-refractivity contribution in [3.63, 3.8) is 0 Å². The van der Waals surface area contributed by atoms with Gasteiger partial charge >= 0.3 is 0 Å². The summed E-state index contributed by atoms with van der Waals surface area (Å²) >= 11 is 0. The molecule has 1 aliphatic carbocycles. The molecule has 6 heteroatoms. The first kappa shape index (κ1) is 11.8. The third kappa shape index (κ3) is 2.22. The minimum atomic E-state index is -4.35. The minimum Gasteiger partial charge on any atom is -0.328 e. The number of carbonyl (C=O) groups excluding carboxylic acids is 1. The quantitative estimate of drug-likeness (QED) is 0.768. The highest BCUT2D eigenvalue weighted by Gasteiger charge is 2.30. The first-order chi connectivity index (χ1) is 7.89. The summed E-state index contributed by atoms with van der Waals surface area (Å²) in [4.78, 5) is 10.8. The monoisotopic (exact) mass is 253 g/mol. The lowest BCUT2D eigenvalue weighted by Gasteiger charge is -2.05. The van der Waals surface area contributed by atoms with E-state index < -0.39 is 10.1 Å². The molecule has 0 atom stereocenters. The summed E-state index contributed by atoms with van der Waals surface area (Å²) in [6.07, 6.45) is 0.297. The number of hydrogen-bond donors (Lipinski definition) is 2. The largest absolute Gasteiger partial charge is 0.328 e. The summed E-state index contributed by atoms with van der Waals surface area (Å²) < 4.78 is 31.9. The third-order valence-corrected chi connectivity index (χ3v) is 3.47. The molecule has 5 nitrogen and oxygen atoms in total. The molecule has 1 amide bonds. The van der Waals surface area contributed by atoms with Gasteiger partial charge in [-0.05, 0) is 5.56 Å². The van der Waals surface area contributed by atoms with Crippen molar-refractivity contribution in [1.29, 1.82) is 0 Å². The van der Waals surface area contributed by atoms with Gasteiger partial charge in [-0.15, -0.1) is 0 Å². The molecule has 0 heterocycles. The zero-order chi connectivity index (χ0) is 12.6. The highest BCUT2D eigenvalue weighted by Crippen LogP contribution is 2.34. The fourth-order valence-electron chi connectivity index (χ4n) is 1.94. The standard InChI is InChI=1S/C11H11NO4S/c1-7(13)12-10-6-8-4-2-3-5-9(8)11(10)17(14,15)16/h2-5H,6H2,1H3,(H,12,13)(H,14,15,16). The molecule has 1 aromatic rings. The molecule has 0 fully saturated rings. The number of carbonyl (C=O) groups is 1. The molecule has 1 aromatic carbocycles. The Kier molecular flexibility index (Phi) is 2.76. The number of allylic oxidation sites excluding steroid dienone is 1. The molecule has 0 aromatic heterocycles. The van der Waals surface area contributed by atoms with E-state index in [1.165, 1.54) is 6.92 Å². The van der Waals surface area contributed by atoms with E-state index in [0.717, 1.165) is 5.56 Å². The van der Waals surface area contributed by atoms with Crippen molar-refractivity contribution in [2.24, 2.45) is 0 Å². The van der Waals surface area contributed by atoms with Gasteiger partial charge in [0.25, 0.3) is 10.1 Å².